The third kappa shape index (κ3) is 4.41. The van der Waals surface area contributed by atoms with Crippen LogP contribution in [0.2, 0.25) is 0 Å². The molecule has 1 aromatic heterocycles. The Morgan fingerprint density at radius 1 is 1.08 bits per heavy atom. The summed E-state index contributed by atoms with van der Waals surface area (Å²) in [5.41, 5.74) is 1.38. The molecule has 2 aromatic rings. The molecule has 3 heterocycles. The van der Waals surface area contributed by atoms with Crippen LogP contribution in [0.25, 0.3) is 0 Å². The lowest BCUT2D eigenvalue weighted by Crippen LogP contribution is -2.54. The Kier molecular flexibility index (Phi) is 5.33. The molecule has 4 rings (SSSR count). The lowest BCUT2D eigenvalue weighted by molar-refractivity contribution is 0.0457. The van der Waals surface area contributed by atoms with Crippen molar-refractivity contribution < 1.29 is 4.74 Å². The summed E-state index contributed by atoms with van der Waals surface area (Å²) < 4.78 is 7.85. The Morgan fingerprint density at radius 2 is 2.00 bits per heavy atom. The van der Waals surface area contributed by atoms with Crippen molar-refractivity contribution in [1.82, 2.24) is 19.4 Å². The fourth-order valence-electron chi connectivity index (χ4n) is 4.00. The van der Waals surface area contributed by atoms with Gasteiger partial charge in [0.25, 0.3) is 0 Å². The SMILES string of the molecule is c1cn(CCOc2ccc(CN3CCN4CCCC[C@H]4C3)cc2)cn1. The first-order valence-electron chi connectivity index (χ1n) is 9.51. The molecule has 0 saturated carbocycles. The Hall–Kier alpha value is -1.85. The highest BCUT2D eigenvalue weighted by Crippen LogP contribution is 2.22. The second kappa shape index (κ2) is 8.02. The number of nitrogens with zero attached hydrogens (tertiary/aromatic N) is 4. The molecular formula is C20H28N4O. The minimum Gasteiger partial charge on any atom is -0.492 e. The Morgan fingerprint density at radius 3 is 2.84 bits per heavy atom. The number of benzene rings is 1. The van der Waals surface area contributed by atoms with Gasteiger partial charge < -0.3 is 9.30 Å². The summed E-state index contributed by atoms with van der Waals surface area (Å²) in [4.78, 5) is 9.34. The molecular weight excluding hydrogens is 312 g/mol. The highest BCUT2D eigenvalue weighted by atomic mass is 16.5. The van der Waals surface area contributed by atoms with Gasteiger partial charge in [0.05, 0.1) is 12.9 Å². The molecule has 2 saturated heterocycles. The highest BCUT2D eigenvalue weighted by molar-refractivity contribution is 5.27. The van der Waals surface area contributed by atoms with Gasteiger partial charge in [-0.3, -0.25) is 9.80 Å². The van der Waals surface area contributed by atoms with Gasteiger partial charge in [-0.15, -0.1) is 0 Å². The molecule has 2 fully saturated rings. The summed E-state index contributed by atoms with van der Waals surface area (Å²) in [5, 5.41) is 0. The number of piperidine rings is 1. The topological polar surface area (TPSA) is 33.5 Å². The maximum absolute atomic E-state index is 5.83. The van der Waals surface area contributed by atoms with E-state index in [1.807, 2.05) is 17.1 Å². The first-order valence-corrected chi connectivity index (χ1v) is 9.51. The number of fused-ring (bicyclic) bond motifs is 1. The quantitative estimate of drug-likeness (QED) is 0.809. The molecule has 1 atom stereocenters. The molecule has 0 bridgehead atoms. The van der Waals surface area contributed by atoms with Gasteiger partial charge in [0.15, 0.2) is 0 Å². The van der Waals surface area contributed by atoms with Gasteiger partial charge in [0.1, 0.15) is 12.4 Å². The monoisotopic (exact) mass is 340 g/mol. The van der Waals surface area contributed by atoms with E-state index >= 15 is 0 Å². The second-order valence-electron chi connectivity index (χ2n) is 7.21. The zero-order chi connectivity index (χ0) is 16.9. The van der Waals surface area contributed by atoms with Crippen LogP contribution >= 0.6 is 0 Å². The molecule has 0 radical (unpaired) electrons. The van der Waals surface area contributed by atoms with Crippen molar-refractivity contribution in [2.45, 2.75) is 38.4 Å². The lowest BCUT2D eigenvalue weighted by Gasteiger charge is -2.44. The van der Waals surface area contributed by atoms with E-state index in [-0.39, 0.29) is 0 Å². The van der Waals surface area contributed by atoms with Crippen molar-refractivity contribution in [3.05, 3.63) is 48.5 Å². The summed E-state index contributed by atoms with van der Waals surface area (Å²) in [6.07, 6.45) is 9.73. The molecule has 2 aliphatic rings. The first-order chi connectivity index (χ1) is 12.4. The third-order valence-corrected chi connectivity index (χ3v) is 5.43. The van der Waals surface area contributed by atoms with Gasteiger partial charge >= 0.3 is 0 Å². The van der Waals surface area contributed by atoms with E-state index in [0.29, 0.717) is 6.61 Å². The van der Waals surface area contributed by atoms with E-state index < -0.39 is 0 Å². The van der Waals surface area contributed by atoms with E-state index in [1.54, 1.807) is 6.20 Å². The molecule has 25 heavy (non-hydrogen) atoms. The Bertz CT molecular complexity index is 640. The van der Waals surface area contributed by atoms with E-state index in [0.717, 1.165) is 24.9 Å². The molecule has 1 aromatic carbocycles. The van der Waals surface area contributed by atoms with Crippen LogP contribution in [0.3, 0.4) is 0 Å². The van der Waals surface area contributed by atoms with Crippen molar-refractivity contribution in [1.29, 1.82) is 0 Å². The van der Waals surface area contributed by atoms with Gasteiger partial charge in [0.2, 0.25) is 0 Å². The van der Waals surface area contributed by atoms with E-state index in [2.05, 4.69) is 39.0 Å². The number of hydrogen-bond acceptors (Lipinski definition) is 4. The number of hydrogen-bond donors (Lipinski definition) is 0. The molecule has 0 unspecified atom stereocenters. The summed E-state index contributed by atoms with van der Waals surface area (Å²) in [5.74, 6) is 0.945. The number of imidazole rings is 1. The minimum absolute atomic E-state index is 0.666. The van der Waals surface area contributed by atoms with E-state index in [9.17, 15) is 0 Å². The van der Waals surface area contributed by atoms with Crippen LogP contribution in [0, 0.1) is 0 Å². The summed E-state index contributed by atoms with van der Waals surface area (Å²) in [7, 11) is 0. The van der Waals surface area contributed by atoms with Crippen molar-refractivity contribution in [2.24, 2.45) is 0 Å². The number of rotatable bonds is 6. The average molecular weight is 340 g/mol. The minimum atomic E-state index is 0.666. The van der Waals surface area contributed by atoms with Crippen LogP contribution in [0.4, 0.5) is 0 Å². The average Bonchev–Trinajstić information content (AvgIpc) is 3.17. The van der Waals surface area contributed by atoms with Gasteiger partial charge in [-0.25, -0.2) is 4.98 Å². The fraction of sp³-hybridized carbons (Fsp3) is 0.550. The first kappa shape index (κ1) is 16.6. The Labute approximate surface area is 150 Å². The van der Waals surface area contributed by atoms with Crippen LogP contribution in [-0.2, 0) is 13.1 Å². The summed E-state index contributed by atoms with van der Waals surface area (Å²) in [6.45, 7) is 7.51. The lowest BCUT2D eigenvalue weighted by atomic mass is 9.99. The zero-order valence-corrected chi connectivity index (χ0v) is 14.9. The maximum atomic E-state index is 5.83. The number of piperazine rings is 1. The standard InChI is InChI=1S/C20H28N4O/c1-2-9-24-12-11-23(16-19(24)3-1)15-18-4-6-20(7-5-18)25-14-13-22-10-8-21-17-22/h4-8,10,17,19H,1-3,9,11-16H2/t19-/m0/s1. The predicted molar refractivity (Wildman–Crippen MR) is 98.7 cm³/mol. The second-order valence-corrected chi connectivity index (χ2v) is 7.21. The third-order valence-electron chi connectivity index (χ3n) is 5.43. The highest BCUT2D eigenvalue weighted by Gasteiger charge is 2.28. The van der Waals surface area contributed by atoms with Crippen LogP contribution in [-0.4, -0.2) is 58.2 Å². The van der Waals surface area contributed by atoms with Gasteiger partial charge in [0, 0.05) is 44.6 Å². The van der Waals surface area contributed by atoms with Crippen LogP contribution in [0.5, 0.6) is 5.75 Å². The molecule has 2 aliphatic heterocycles. The van der Waals surface area contributed by atoms with Gasteiger partial charge in [-0.1, -0.05) is 18.6 Å². The predicted octanol–water partition coefficient (Wildman–Crippen LogP) is 2.63. The molecule has 5 nitrogen and oxygen atoms in total. The van der Waals surface area contributed by atoms with Crippen molar-refractivity contribution in [3.63, 3.8) is 0 Å². The Balaban J connectivity index is 1.24. The zero-order valence-electron chi connectivity index (χ0n) is 14.9. The van der Waals surface area contributed by atoms with Crippen LogP contribution in [0.15, 0.2) is 43.0 Å². The van der Waals surface area contributed by atoms with Crippen molar-refractivity contribution >= 4 is 0 Å². The van der Waals surface area contributed by atoms with Gasteiger partial charge in [-0.05, 0) is 37.1 Å². The summed E-state index contributed by atoms with van der Waals surface area (Å²) in [6, 6.07) is 9.40. The molecule has 0 N–H and O–H groups in total. The maximum Gasteiger partial charge on any atom is 0.119 e. The van der Waals surface area contributed by atoms with Crippen molar-refractivity contribution in [2.75, 3.05) is 32.8 Å². The number of aromatic nitrogens is 2. The normalized spacial score (nSPS) is 21.8. The smallest absolute Gasteiger partial charge is 0.119 e. The van der Waals surface area contributed by atoms with Crippen LogP contribution < -0.4 is 4.74 Å². The van der Waals surface area contributed by atoms with Crippen LogP contribution in [0.1, 0.15) is 24.8 Å². The largest absolute Gasteiger partial charge is 0.492 e. The van der Waals surface area contributed by atoms with E-state index in [4.69, 9.17) is 4.74 Å². The van der Waals surface area contributed by atoms with Crippen molar-refractivity contribution in [3.8, 4) is 5.75 Å². The summed E-state index contributed by atoms with van der Waals surface area (Å²) >= 11 is 0. The molecule has 0 amide bonds. The molecule has 5 heteroatoms. The number of ether oxygens (including phenoxy) is 1. The molecule has 0 spiro atoms. The fourth-order valence-corrected chi connectivity index (χ4v) is 4.00. The van der Waals surface area contributed by atoms with Gasteiger partial charge in [-0.2, -0.15) is 0 Å². The molecule has 0 aliphatic carbocycles. The van der Waals surface area contributed by atoms with E-state index in [1.165, 1.54) is 51.0 Å². The molecule has 134 valence electrons.